The highest BCUT2D eigenvalue weighted by Crippen LogP contribution is 2.28. The van der Waals surface area contributed by atoms with E-state index in [2.05, 4.69) is 21.3 Å². The van der Waals surface area contributed by atoms with Crippen LogP contribution in [0.2, 0.25) is 0 Å². The predicted octanol–water partition coefficient (Wildman–Crippen LogP) is 4.25. The molecule has 5 N–H and O–H groups in total. The van der Waals surface area contributed by atoms with Gasteiger partial charge in [-0.1, -0.05) is 104 Å². The molecule has 3 aliphatic heterocycles. The van der Waals surface area contributed by atoms with Gasteiger partial charge in [-0.05, 0) is 106 Å². The summed E-state index contributed by atoms with van der Waals surface area (Å²) in [6.07, 6.45) is -4.72. The lowest BCUT2D eigenvalue weighted by atomic mass is 9.91. The van der Waals surface area contributed by atoms with Gasteiger partial charge in [0, 0.05) is 33.6 Å². The van der Waals surface area contributed by atoms with Gasteiger partial charge in [-0.15, -0.1) is 0 Å². The predicted molar refractivity (Wildman–Crippen MR) is 328 cm³/mol. The fraction of sp³-hybridized carbons (Fsp3) is 0.646. The summed E-state index contributed by atoms with van der Waals surface area (Å²) >= 11 is 0. The summed E-state index contributed by atoms with van der Waals surface area (Å²) in [5.74, 6) is -10.4. The molecule has 2 aromatic rings. The maximum atomic E-state index is 15.2. The van der Waals surface area contributed by atoms with Crippen LogP contribution in [-0.2, 0) is 75.2 Å². The van der Waals surface area contributed by atoms with Crippen LogP contribution in [0, 0.1) is 29.6 Å². The molecule has 24 nitrogen and oxygen atoms in total. The van der Waals surface area contributed by atoms with Crippen molar-refractivity contribution < 1.29 is 76.8 Å². The zero-order valence-corrected chi connectivity index (χ0v) is 54.3. The molecule has 89 heavy (non-hydrogen) atoms. The Morgan fingerprint density at radius 3 is 2.07 bits per heavy atom. The van der Waals surface area contributed by atoms with Gasteiger partial charge in [0.15, 0.2) is 11.9 Å². The van der Waals surface area contributed by atoms with E-state index in [9.17, 15) is 38.7 Å². The molecule has 13 atom stereocenters. The Balaban J connectivity index is 1.56. The number of rotatable bonds is 18. The van der Waals surface area contributed by atoms with Crippen LogP contribution in [-0.4, -0.2) is 191 Å². The van der Waals surface area contributed by atoms with Crippen molar-refractivity contribution in [2.75, 3.05) is 34.3 Å². The van der Waals surface area contributed by atoms with Gasteiger partial charge in [0.05, 0.1) is 31.6 Å². The van der Waals surface area contributed by atoms with E-state index in [1.807, 2.05) is 33.8 Å². The fourth-order valence-corrected chi connectivity index (χ4v) is 11.5. The Bertz CT molecular complexity index is 2800. The van der Waals surface area contributed by atoms with Crippen LogP contribution in [0.25, 0.3) is 0 Å². The van der Waals surface area contributed by atoms with E-state index in [1.54, 1.807) is 76.2 Å². The summed E-state index contributed by atoms with van der Waals surface area (Å²) in [7, 11) is 4.29. The van der Waals surface area contributed by atoms with Crippen molar-refractivity contribution in [2.45, 2.75) is 207 Å². The lowest BCUT2D eigenvalue weighted by Crippen LogP contribution is -2.62. The largest absolute Gasteiger partial charge is 0.497 e. The van der Waals surface area contributed by atoms with E-state index >= 15 is 19.2 Å². The highest BCUT2D eigenvalue weighted by molar-refractivity contribution is 6.05. The van der Waals surface area contributed by atoms with Gasteiger partial charge >= 0.3 is 18.0 Å². The molecule has 492 valence electrons. The maximum absolute atomic E-state index is 15.2. The first kappa shape index (κ1) is 72.1. The van der Waals surface area contributed by atoms with Gasteiger partial charge in [0.2, 0.25) is 41.4 Å². The van der Waals surface area contributed by atoms with E-state index in [4.69, 9.17) is 18.9 Å². The minimum Gasteiger partial charge on any atom is -0.497 e. The molecule has 3 saturated heterocycles. The third kappa shape index (κ3) is 19.4. The molecule has 0 unspecified atom stereocenters. The van der Waals surface area contributed by atoms with Crippen molar-refractivity contribution in [1.29, 1.82) is 0 Å². The topological polar surface area (TPSA) is 306 Å². The van der Waals surface area contributed by atoms with Gasteiger partial charge in [-0.3, -0.25) is 43.2 Å². The Morgan fingerprint density at radius 2 is 1.46 bits per heavy atom. The third-order valence-corrected chi connectivity index (χ3v) is 17.0. The monoisotopic (exact) mass is 1240 g/mol. The van der Waals surface area contributed by atoms with Crippen LogP contribution in [0.3, 0.4) is 0 Å². The van der Waals surface area contributed by atoms with Crippen LogP contribution in [0.5, 0.6) is 5.75 Å². The third-order valence-electron chi connectivity index (χ3n) is 17.0. The van der Waals surface area contributed by atoms with E-state index in [-0.39, 0.29) is 63.6 Å². The Morgan fingerprint density at radius 1 is 0.809 bits per heavy atom. The van der Waals surface area contributed by atoms with Crippen molar-refractivity contribution in [3.63, 3.8) is 0 Å². The first-order valence-electron chi connectivity index (χ1n) is 31.3. The lowest BCUT2D eigenvalue weighted by Gasteiger charge is -2.36. The van der Waals surface area contributed by atoms with E-state index in [1.165, 1.54) is 61.6 Å². The molecule has 3 heterocycles. The number of amides is 8. The minimum atomic E-state index is -1.80. The number of methoxy groups -OCH3 is 1. The summed E-state index contributed by atoms with van der Waals surface area (Å²) < 4.78 is 22.7. The number of Topliss-reactive ketones (excluding diaryl/α,β-unsaturated/α-hetero) is 1. The molecule has 0 radical (unpaired) electrons. The van der Waals surface area contributed by atoms with Gasteiger partial charge in [0.1, 0.15) is 60.8 Å². The molecule has 2 aromatic carbocycles. The number of cyclic esters (lactones) is 2. The number of carbonyl (C=O) groups is 11. The minimum absolute atomic E-state index is 0.0391. The van der Waals surface area contributed by atoms with Gasteiger partial charge in [-0.25, -0.2) is 9.59 Å². The molecule has 0 aliphatic carbocycles. The number of nitrogens with one attached hydrogen (secondary N) is 4. The van der Waals surface area contributed by atoms with Crippen molar-refractivity contribution >= 4 is 65.2 Å². The zero-order chi connectivity index (χ0) is 66.1. The number of carbonyl (C=O) groups excluding carboxylic acids is 11. The number of esters is 2. The quantitative estimate of drug-likeness (QED) is 0.0792. The summed E-state index contributed by atoms with van der Waals surface area (Å²) in [6, 6.07) is 5.45. The molecule has 0 bridgehead atoms. The molecular formula is C65H96N8O16. The summed E-state index contributed by atoms with van der Waals surface area (Å²) in [6.45, 7) is 18.5. The molecular weight excluding hydrogens is 1150 g/mol. The molecule has 3 aliphatic rings. The summed E-state index contributed by atoms with van der Waals surface area (Å²) in [5.41, 5.74) is 1.30. The van der Waals surface area contributed by atoms with Crippen molar-refractivity contribution in [3.8, 4) is 5.75 Å². The number of hydrogen-bond acceptors (Lipinski definition) is 16. The normalized spacial score (nSPS) is 25.7. The number of likely N-dealkylation sites (tertiary alicyclic amines) is 1. The summed E-state index contributed by atoms with van der Waals surface area (Å²) in [4.78, 5) is 164. The van der Waals surface area contributed by atoms with Gasteiger partial charge in [0.25, 0.3) is 0 Å². The second kappa shape index (κ2) is 33.3. The average molecular weight is 1250 g/mol. The van der Waals surface area contributed by atoms with Crippen molar-refractivity contribution in [2.24, 2.45) is 29.6 Å². The zero-order valence-electron chi connectivity index (χ0n) is 54.3. The fourth-order valence-electron chi connectivity index (χ4n) is 11.5. The molecule has 3 fully saturated rings. The smallest absolute Gasteiger partial charge is 0.408 e. The molecule has 24 heteroatoms. The highest BCUT2D eigenvalue weighted by Gasteiger charge is 2.46. The van der Waals surface area contributed by atoms with Crippen molar-refractivity contribution in [1.82, 2.24) is 40.9 Å². The molecule has 8 amide bonds. The number of ketones is 1. The van der Waals surface area contributed by atoms with Crippen LogP contribution < -0.4 is 26.0 Å². The number of fused-ring (bicyclic) bond motifs is 1. The number of nitrogens with zero attached hydrogens (tertiary/aromatic N) is 4. The van der Waals surface area contributed by atoms with Crippen LogP contribution in [0.15, 0.2) is 54.6 Å². The molecule has 0 spiro atoms. The van der Waals surface area contributed by atoms with Crippen LogP contribution in [0.4, 0.5) is 4.79 Å². The van der Waals surface area contributed by atoms with Gasteiger partial charge < -0.3 is 64.9 Å². The number of ether oxygens (including phenoxy) is 4. The highest BCUT2D eigenvalue weighted by atomic mass is 16.6. The van der Waals surface area contributed by atoms with Crippen LogP contribution in [0.1, 0.15) is 139 Å². The average Bonchev–Trinajstić information content (AvgIpc) is 3.88. The number of hydrogen-bond donors (Lipinski definition) is 5. The maximum Gasteiger partial charge on any atom is 0.408 e. The molecule has 5 rings (SSSR count). The SMILES string of the molecule is CC[C@H](C)[C@H]1NC(=O)[C@@H](NC(=O)[C@@H](CC(C)C)N(C)C(=O)[C@@H]2CCCN2C(=O)[C@H](C)NC(=O)OCc2ccccc2)[C@@H](C)OC(=O)[C@H](Cc2ccc(OC)cc2)N(C)C(=O)[C@@H]2CCCN2C(=O)[C@H](CC(C)C)NC(=O)[C@@H](C)C(=O)[C@H](C(C)C)OC(=O)C[C@@H]1O. The first-order chi connectivity index (χ1) is 42.0. The van der Waals surface area contributed by atoms with E-state index in [0.717, 1.165) is 5.56 Å². The second-order valence-corrected chi connectivity index (χ2v) is 25.2. The number of aliphatic hydroxyl groups is 1. The number of benzene rings is 2. The second-order valence-electron chi connectivity index (χ2n) is 25.2. The molecule has 0 saturated carbocycles. The number of alkyl carbamates (subject to hydrolysis) is 1. The number of likely N-dealkylation sites (N-methyl/N-ethyl adjacent to an activating group) is 2. The summed E-state index contributed by atoms with van der Waals surface area (Å²) in [5, 5.41) is 22.8. The Labute approximate surface area is 523 Å². The van der Waals surface area contributed by atoms with Crippen molar-refractivity contribution in [3.05, 3.63) is 65.7 Å². The Kier molecular flexibility index (Phi) is 27.0. The van der Waals surface area contributed by atoms with Gasteiger partial charge in [-0.2, -0.15) is 0 Å². The standard InChI is InChI=1S/C65H96N8O16/c1-15-39(8)53-51(74)34-52(75)89-56(38(6)7)55(76)40(9)57(77)67-46(31-36(2)3)61(81)73-30-20-24-48(73)63(83)71(13)50(33-43-25-27-45(86-14)28-26-43)64(84)88-42(11)54(59(79)68-53)69-58(78)49(32-37(4)5)70(12)62(82)47-23-19-29-72(47)60(80)41(10)66-65(85)87-35-44-21-17-16-18-22-44/h16-18,21-22,25-28,36-42,46-51,53-54,56,74H,15,19-20,23-24,29-35H2,1-14H3,(H,66,85)(H,67,77)(H,68,79)(H,69,78)/t39-,40-,41-,42+,46-,47-,48-,49+,50-,51-,53+,54-,56-/m0/s1. The first-order valence-corrected chi connectivity index (χ1v) is 31.3. The number of aliphatic hydroxyl groups excluding tert-OH is 1. The lowest BCUT2D eigenvalue weighted by molar-refractivity contribution is -0.163. The Hall–Kier alpha value is -7.63. The molecule has 0 aromatic heterocycles. The van der Waals surface area contributed by atoms with E-state index < -0.39 is 156 Å². The van der Waals surface area contributed by atoms with E-state index in [0.29, 0.717) is 30.6 Å². The van der Waals surface area contributed by atoms with Crippen LogP contribution >= 0.6 is 0 Å².